The fourth-order valence-electron chi connectivity index (χ4n) is 3.91. The molecule has 186 valence electrons. The number of amides is 1. The molecule has 0 atom stereocenters. The molecule has 0 spiro atoms. The zero-order chi connectivity index (χ0) is 24.3. The van der Waals surface area contributed by atoms with Crippen molar-refractivity contribution in [2.24, 2.45) is 0 Å². The smallest absolute Gasteiger partial charge is 0.277 e. The van der Waals surface area contributed by atoms with E-state index in [4.69, 9.17) is 0 Å². The van der Waals surface area contributed by atoms with Gasteiger partial charge < -0.3 is 5.32 Å². The van der Waals surface area contributed by atoms with Crippen LogP contribution in [0.15, 0.2) is 18.2 Å². The lowest BCUT2D eigenvalue weighted by atomic mass is 10.0. The number of nitro benzene ring substituents is 2. The van der Waals surface area contributed by atoms with Gasteiger partial charge in [-0.25, -0.2) is 0 Å². The number of nitro groups is 2. The highest BCUT2D eigenvalue weighted by Crippen LogP contribution is 2.22. The van der Waals surface area contributed by atoms with E-state index in [2.05, 4.69) is 12.2 Å². The summed E-state index contributed by atoms with van der Waals surface area (Å²) in [6, 6.07) is 2.98. The molecule has 0 aliphatic rings. The maximum atomic E-state index is 12.2. The van der Waals surface area contributed by atoms with Crippen molar-refractivity contribution in [2.75, 3.05) is 6.54 Å². The topological polar surface area (TPSA) is 115 Å². The Morgan fingerprint density at radius 2 is 1.03 bits per heavy atom. The molecule has 1 amide bonds. The van der Waals surface area contributed by atoms with Crippen LogP contribution in [-0.2, 0) is 0 Å². The normalized spacial score (nSPS) is 10.8. The number of nitrogens with zero attached hydrogens (tertiary/aromatic N) is 2. The van der Waals surface area contributed by atoms with Crippen LogP contribution < -0.4 is 5.32 Å². The molecule has 0 aliphatic heterocycles. The summed E-state index contributed by atoms with van der Waals surface area (Å²) in [4.78, 5) is 32.6. The number of unbranched alkanes of at least 4 members (excludes halogenated alkanes) is 15. The maximum Gasteiger partial charge on any atom is 0.277 e. The molecule has 1 N–H and O–H groups in total. The summed E-state index contributed by atoms with van der Waals surface area (Å²) in [7, 11) is 0. The molecule has 1 aromatic rings. The quantitative estimate of drug-likeness (QED) is 0.122. The number of hydrogen-bond donors (Lipinski definition) is 1. The summed E-state index contributed by atoms with van der Waals surface area (Å²) in [5, 5.41) is 24.6. The van der Waals surface area contributed by atoms with Gasteiger partial charge in [-0.15, -0.1) is 0 Å². The molecule has 0 aromatic heterocycles. The summed E-state index contributed by atoms with van der Waals surface area (Å²) in [5.74, 6) is -0.525. The number of nitrogens with one attached hydrogen (secondary N) is 1. The Bertz CT molecular complexity index is 692. The third kappa shape index (κ3) is 13.6. The first-order chi connectivity index (χ1) is 16.0. The van der Waals surface area contributed by atoms with Crippen LogP contribution in [0.4, 0.5) is 11.4 Å². The summed E-state index contributed by atoms with van der Waals surface area (Å²) in [5.41, 5.74) is -0.985. The van der Waals surface area contributed by atoms with Crippen LogP contribution in [0.5, 0.6) is 0 Å². The van der Waals surface area contributed by atoms with E-state index >= 15 is 0 Å². The third-order valence-corrected chi connectivity index (χ3v) is 5.90. The number of non-ortho nitro benzene ring substituents is 2. The first kappa shape index (κ1) is 28.5. The molecule has 8 nitrogen and oxygen atoms in total. The van der Waals surface area contributed by atoms with Gasteiger partial charge in [0.2, 0.25) is 0 Å². The monoisotopic (exact) mass is 463 g/mol. The zero-order valence-corrected chi connectivity index (χ0v) is 20.2. The van der Waals surface area contributed by atoms with Gasteiger partial charge in [-0.1, -0.05) is 103 Å². The average Bonchev–Trinajstić information content (AvgIpc) is 2.80. The van der Waals surface area contributed by atoms with Crippen LogP contribution in [0.3, 0.4) is 0 Å². The lowest BCUT2D eigenvalue weighted by Crippen LogP contribution is -2.24. The Kier molecular flexibility index (Phi) is 15.5. The Hall–Kier alpha value is -2.51. The summed E-state index contributed by atoms with van der Waals surface area (Å²) in [6.45, 7) is 2.71. The average molecular weight is 464 g/mol. The number of carbonyl (C=O) groups is 1. The number of carbonyl (C=O) groups excluding carboxylic acids is 1. The third-order valence-electron chi connectivity index (χ3n) is 5.90. The van der Waals surface area contributed by atoms with Crippen molar-refractivity contribution >= 4 is 17.3 Å². The van der Waals surface area contributed by atoms with Crippen LogP contribution in [0.1, 0.15) is 120 Å². The Labute approximate surface area is 197 Å². The van der Waals surface area contributed by atoms with Gasteiger partial charge in [0.05, 0.1) is 21.5 Å². The van der Waals surface area contributed by atoms with Crippen molar-refractivity contribution in [2.45, 2.75) is 110 Å². The van der Waals surface area contributed by atoms with Crippen molar-refractivity contribution < 1.29 is 14.6 Å². The molecule has 0 bridgehead atoms. The van der Waals surface area contributed by atoms with E-state index in [0.29, 0.717) is 6.54 Å². The van der Waals surface area contributed by atoms with E-state index in [1.807, 2.05) is 0 Å². The van der Waals surface area contributed by atoms with E-state index < -0.39 is 27.1 Å². The highest BCUT2D eigenvalue weighted by atomic mass is 16.6. The molecule has 0 saturated carbocycles. The van der Waals surface area contributed by atoms with Crippen molar-refractivity contribution in [3.05, 3.63) is 44.0 Å². The second-order valence-corrected chi connectivity index (χ2v) is 8.81. The van der Waals surface area contributed by atoms with Crippen molar-refractivity contribution in [3.63, 3.8) is 0 Å². The van der Waals surface area contributed by atoms with Gasteiger partial charge in [0.15, 0.2) is 0 Å². The standard InChI is InChI=1S/C25H41N3O5/c1-2-3-4-5-6-7-8-9-10-11-12-13-14-15-16-17-18-26-25(29)22-19-23(27(30)31)21-24(20-22)28(32)33/h19-21H,2-18H2,1H3,(H,26,29). The molecule has 1 aromatic carbocycles. The second-order valence-electron chi connectivity index (χ2n) is 8.81. The van der Waals surface area contributed by atoms with Gasteiger partial charge in [-0.05, 0) is 6.42 Å². The molecule has 8 heteroatoms. The second kappa shape index (κ2) is 18.0. The highest BCUT2D eigenvalue weighted by molar-refractivity contribution is 5.95. The van der Waals surface area contributed by atoms with Crippen molar-refractivity contribution in [3.8, 4) is 0 Å². The number of benzene rings is 1. The molecule has 0 saturated heterocycles. The lowest BCUT2D eigenvalue weighted by Gasteiger charge is -2.06. The van der Waals surface area contributed by atoms with Crippen LogP contribution in [0.2, 0.25) is 0 Å². The van der Waals surface area contributed by atoms with Gasteiger partial charge in [0.1, 0.15) is 0 Å². The van der Waals surface area contributed by atoms with Gasteiger partial charge in [0, 0.05) is 18.7 Å². The van der Waals surface area contributed by atoms with Crippen LogP contribution >= 0.6 is 0 Å². The van der Waals surface area contributed by atoms with Crippen molar-refractivity contribution in [1.29, 1.82) is 0 Å². The molecular weight excluding hydrogens is 422 g/mol. The fraction of sp³-hybridized carbons (Fsp3) is 0.720. The van der Waals surface area contributed by atoms with E-state index in [9.17, 15) is 25.0 Å². The minimum atomic E-state index is -0.737. The number of hydrogen-bond acceptors (Lipinski definition) is 5. The Balaban J connectivity index is 2.03. The SMILES string of the molecule is CCCCCCCCCCCCCCCCCCNC(=O)c1cc([N+](=O)[O-])cc([N+](=O)[O-])c1. The molecule has 33 heavy (non-hydrogen) atoms. The van der Waals surface area contributed by atoms with Gasteiger partial charge >= 0.3 is 0 Å². The molecular formula is C25H41N3O5. The minimum Gasteiger partial charge on any atom is -0.352 e. The maximum absolute atomic E-state index is 12.2. The zero-order valence-electron chi connectivity index (χ0n) is 20.2. The van der Waals surface area contributed by atoms with Gasteiger partial charge in [-0.2, -0.15) is 0 Å². The first-order valence-electron chi connectivity index (χ1n) is 12.7. The predicted octanol–water partition coefficient (Wildman–Crippen LogP) is 7.49. The van der Waals surface area contributed by atoms with Gasteiger partial charge in [0.25, 0.3) is 17.3 Å². The largest absolute Gasteiger partial charge is 0.352 e. The fourth-order valence-corrected chi connectivity index (χ4v) is 3.91. The lowest BCUT2D eigenvalue weighted by molar-refractivity contribution is -0.394. The predicted molar refractivity (Wildman–Crippen MR) is 132 cm³/mol. The summed E-state index contributed by atoms with van der Waals surface area (Å²) >= 11 is 0. The van der Waals surface area contributed by atoms with E-state index in [1.165, 1.54) is 83.5 Å². The Morgan fingerprint density at radius 1 is 0.667 bits per heavy atom. The summed E-state index contributed by atoms with van der Waals surface area (Å²) in [6.07, 6.45) is 20.4. The molecule has 0 fully saturated rings. The molecule has 0 radical (unpaired) electrons. The first-order valence-corrected chi connectivity index (χ1v) is 12.7. The van der Waals surface area contributed by atoms with E-state index in [-0.39, 0.29) is 5.56 Å². The van der Waals surface area contributed by atoms with Crippen LogP contribution in [-0.4, -0.2) is 22.3 Å². The molecule has 1 rings (SSSR count). The van der Waals surface area contributed by atoms with Gasteiger partial charge in [-0.3, -0.25) is 25.0 Å². The summed E-state index contributed by atoms with van der Waals surface area (Å²) < 4.78 is 0. The molecule has 0 heterocycles. The van der Waals surface area contributed by atoms with Crippen molar-refractivity contribution in [1.82, 2.24) is 5.32 Å². The Morgan fingerprint density at radius 3 is 1.39 bits per heavy atom. The van der Waals surface area contributed by atoms with Crippen LogP contribution in [0.25, 0.3) is 0 Å². The minimum absolute atomic E-state index is 0.0626. The number of rotatable bonds is 20. The molecule has 0 aliphatic carbocycles. The van der Waals surface area contributed by atoms with E-state index in [1.54, 1.807) is 0 Å². The van der Waals surface area contributed by atoms with E-state index in [0.717, 1.165) is 37.5 Å². The molecule has 0 unspecified atom stereocenters. The van der Waals surface area contributed by atoms with Crippen LogP contribution in [0, 0.1) is 20.2 Å². The highest BCUT2D eigenvalue weighted by Gasteiger charge is 2.19.